The second-order valence-electron chi connectivity index (χ2n) is 4.21. The van der Waals surface area contributed by atoms with Gasteiger partial charge in [0.1, 0.15) is 11.9 Å². The Morgan fingerprint density at radius 2 is 1.75 bits per heavy atom. The van der Waals surface area contributed by atoms with Crippen molar-refractivity contribution >= 4 is 22.4 Å². The second-order valence-corrected chi connectivity index (χ2v) is 6.07. The van der Waals surface area contributed by atoms with E-state index >= 15 is 0 Å². The van der Waals surface area contributed by atoms with Crippen LogP contribution in [0.5, 0.6) is 0 Å². The lowest BCUT2D eigenvalue weighted by atomic mass is 10.1. The van der Waals surface area contributed by atoms with Gasteiger partial charge in [-0.15, -0.1) is 0 Å². The lowest BCUT2D eigenvalue weighted by molar-refractivity contribution is 0.611. The summed E-state index contributed by atoms with van der Waals surface area (Å²) in [6, 6.07) is 13.4. The van der Waals surface area contributed by atoms with Crippen molar-refractivity contribution in [3.8, 4) is 6.07 Å². The SMILES string of the molecule is N#Cc1cccc(CS(=O)Cc2ccccc2Cl)c1F. The van der Waals surface area contributed by atoms with E-state index in [9.17, 15) is 8.60 Å². The van der Waals surface area contributed by atoms with Crippen molar-refractivity contribution < 1.29 is 8.60 Å². The molecule has 0 saturated heterocycles. The Morgan fingerprint density at radius 1 is 1.10 bits per heavy atom. The minimum absolute atomic E-state index is 0.0303. The van der Waals surface area contributed by atoms with Crippen LogP contribution in [0.1, 0.15) is 16.7 Å². The molecule has 1 atom stereocenters. The monoisotopic (exact) mass is 307 g/mol. The van der Waals surface area contributed by atoms with Gasteiger partial charge in [0, 0.05) is 21.4 Å². The molecule has 0 fully saturated rings. The molecule has 0 heterocycles. The van der Waals surface area contributed by atoms with Gasteiger partial charge in [-0.1, -0.05) is 41.9 Å². The summed E-state index contributed by atoms with van der Waals surface area (Å²) in [7, 11) is -1.29. The molecule has 0 saturated carbocycles. The number of halogens is 2. The molecule has 0 aliphatic heterocycles. The molecule has 0 radical (unpaired) electrons. The molecule has 2 aromatic carbocycles. The standard InChI is InChI=1S/C15H11ClFNOS/c16-14-7-2-1-4-12(14)9-20(19)10-13-6-3-5-11(8-18)15(13)17/h1-7H,9-10H2. The molecule has 0 N–H and O–H groups in total. The average Bonchev–Trinajstić information content (AvgIpc) is 2.44. The van der Waals surface area contributed by atoms with E-state index in [4.69, 9.17) is 16.9 Å². The van der Waals surface area contributed by atoms with E-state index < -0.39 is 16.6 Å². The van der Waals surface area contributed by atoms with Crippen LogP contribution in [0, 0.1) is 17.1 Å². The fraction of sp³-hybridized carbons (Fsp3) is 0.133. The first-order chi connectivity index (χ1) is 9.61. The molecule has 0 aliphatic carbocycles. The zero-order chi connectivity index (χ0) is 14.5. The maximum absolute atomic E-state index is 13.9. The summed E-state index contributed by atoms with van der Waals surface area (Å²) in [5.41, 5.74) is 1.02. The normalized spacial score (nSPS) is 11.8. The number of benzene rings is 2. The van der Waals surface area contributed by atoms with Crippen molar-refractivity contribution in [1.82, 2.24) is 0 Å². The van der Waals surface area contributed by atoms with Gasteiger partial charge < -0.3 is 0 Å². The number of rotatable bonds is 4. The summed E-state index contributed by atoms with van der Waals surface area (Å²) >= 11 is 6.00. The Bertz CT molecular complexity index is 697. The predicted molar refractivity (Wildman–Crippen MR) is 78.1 cm³/mol. The van der Waals surface area contributed by atoms with Crippen LogP contribution in [0.3, 0.4) is 0 Å². The maximum atomic E-state index is 13.9. The average molecular weight is 308 g/mol. The molecule has 0 aromatic heterocycles. The quantitative estimate of drug-likeness (QED) is 0.862. The van der Waals surface area contributed by atoms with E-state index in [2.05, 4.69) is 0 Å². The number of hydrogen-bond acceptors (Lipinski definition) is 2. The van der Waals surface area contributed by atoms with Gasteiger partial charge in [-0.3, -0.25) is 4.21 Å². The zero-order valence-electron chi connectivity index (χ0n) is 10.5. The van der Waals surface area contributed by atoms with Crippen LogP contribution in [0.15, 0.2) is 42.5 Å². The Labute approximate surface area is 124 Å². The summed E-state index contributed by atoms with van der Waals surface area (Å²) in [5.74, 6) is -0.273. The third-order valence-electron chi connectivity index (χ3n) is 2.79. The van der Waals surface area contributed by atoms with Gasteiger partial charge in [0.25, 0.3) is 0 Å². The van der Waals surface area contributed by atoms with Crippen LogP contribution in [-0.4, -0.2) is 4.21 Å². The van der Waals surface area contributed by atoms with Crippen LogP contribution in [-0.2, 0) is 22.3 Å². The summed E-state index contributed by atoms with van der Waals surface area (Å²) in [6.07, 6.45) is 0. The van der Waals surface area contributed by atoms with Gasteiger partial charge in [-0.05, 0) is 17.7 Å². The van der Waals surface area contributed by atoms with Gasteiger partial charge in [0.15, 0.2) is 0 Å². The van der Waals surface area contributed by atoms with Crippen molar-refractivity contribution in [2.24, 2.45) is 0 Å². The Balaban J connectivity index is 2.14. The maximum Gasteiger partial charge on any atom is 0.145 e. The molecular weight excluding hydrogens is 297 g/mol. The molecule has 2 aromatic rings. The van der Waals surface area contributed by atoms with Crippen LogP contribution < -0.4 is 0 Å². The Kier molecular flexibility index (Phi) is 4.89. The summed E-state index contributed by atoms with van der Waals surface area (Å²) in [4.78, 5) is 0. The molecule has 20 heavy (non-hydrogen) atoms. The van der Waals surface area contributed by atoms with E-state index in [0.29, 0.717) is 5.02 Å². The van der Waals surface area contributed by atoms with E-state index in [-0.39, 0.29) is 22.6 Å². The molecule has 0 amide bonds. The predicted octanol–water partition coefficient (Wildman–Crippen LogP) is 3.80. The molecule has 1 unspecified atom stereocenters. The first-order valence-corrected chi connectivity index (χ1v) is 7.74. The topological polar surface area (TPSA) is 40.9 Å². The number of nitriles is 1. The number of hydrogen-bond donors (Lipinski definition) is 0. The van der Waals surface area contributed by atoms with E-state index in [1.807, 2.05) is 6.07 Å². The third-order valence-corrected chi connectivity index (χ3v) is 4.42. The van der Waals surface area contributed by atoms with E-state index in [1.54, 1.807) is 36.4 Å². The molecule has 0 aliphatic rings. The van der Waals surface area contributed by atoms with Crippen molar-refractivity contribution in [3.63, 3.8) is 0 Å². The molecule has 102 valence electrons. The summed E-state index contributed by atoms with van der Waals surface area (Å²) in [6.45, 7) is 0. The van der Waals surface area contributed by atoms with Crippen molar-refractivity contribution in [2.45, 2.75) is 11.5 Å². The van der Waals surface area contributed by atoms with Crippen LogP contribution in [0.2, 0.25) is 5.02 Å². The highest BCUT2D eigenvalue weighted by Gasteiger charge is 2.12. The van der Waals surface area contributed by atoms with Crippen LogP contribution in [0.25, 0.3) is 0 Å². The third kappa shape index (κ3) is 3.44. The van der Waals surface area contributed by atoms with E-state index in [1.165, 1.54) is 6.07 Å². The Morgan fingerprint density at radius 3 is 2.45 bits per heavy atom. The van der Waals surface area contributed by atoms with E-state index in [0.717, 1.165) is 5.56 Å². The first kappa shape index (κ1) is 14.7. The fourth-order valence-corrected chi connectivity index (χ4v) is 3.34. The van der Waals surface area contributed by atoms with Crippen molar-refractivity contribution in [1.29, 1.82) is 5.26 Å². The van der Waals surface area contributed by atoms with Gasteiger partial charge in [0.2, 0.25) is 0 Å². The lowest BCUT2D eigenvalue weighted by Gasteiger charge is -2.06. The summed E-state index contributed by atoms with van der Waals surface area (Å²) in [5, 5.41) is 9.31. The zero-order valence-corrected chi connectivity index (χ0v) is 12.0. The lowest BCUT2D eigenvalue weighted by Crippen LogP contribution is -2.03. The highest BCUT2D eigenvalue weighted by atomic mass is 35.5. The van der Waals surface area contributed by atoms with Crippen LogP contribution in [0.4, 0.5) is 4.39 Å². The number of nitrogens with zero attached hydrogens (tertiary/aromatic N) is 1. The minimum atomic E-state index is -1.29. The van der Waals surface area contributed by atoms with Crippen LogP contribution >= 0.6 is 11.6 Å². The highest BCUT2D eigenvalue weighted by Crippen LogP contribution is 2.19. The minimum Gasteiger partial charge on any atom is -0.259 e. The molecule has 0 spiro atoms. The fourth-order valence-electron chi connectivity index (χ4n) is 1.79. The molecular formula is C15H11ClFNOS. The Hall–Kier alpha value is -1.70. The molecule has 0 bridgehead atoms. The summed E-state index contributed by atoms with van der Waals surface area (Å²) < 4.78 is 26.0. The molecule has 2 nitrogen and oxygen atoms in total. The van der Waals surface area contributed by atoms with Crippen molar-refractivity contribution in [3.05, 3.63) is 70.0 Å². The smallest absolute Gasteiger partial charge is 0.145 e. The second kappa shape index (κ2) is 6.65. The highest BCUT2D eigenvalue weighted by molar-refractivity contribution is 7.83. The first-order valence-electron chi connectivity index (χ1n) is 5.87. The molecule has 5 heteroatoms. The van der Waals surface area contributed by atoms with Gasteiger partial charge in [0.05, 0.1) is 17.1 Å². The molecule has 2 rings (SSSR count). The van der Waals surface area contributed by atoms with Crippen molar-refractivity contribution in [2.75, 3.05) is 0 Å². The van der Waals surface area contributed by atoms with Gasteiger partial charge in [-0.25, -0.2) is 4.39 Å². The largest absolute Gasteiger partial charge is 0.259 e. The van der Waals surface area contributed by atoms with Gasteiger partial charge >= 0.3 is 0 Å². The van der Waals surface area contributed by atoms with Gasteiger partial charge in [-0.2, -0.15) is 5.26 Å².